The average molecular weight is 295 g/mol. The molecule has 0 atom stereocenters. The second-order valence-electron chi connectivity index (χ2n) is 4.04. The fourth-order valence-corrected chi connectivity index (χ4v) is 1.84. The van der Waals surface area contributed by atoms with Gasteiger partial charge < -0.3 is 15.8 Å². The molecule has 0 saturated carbocycles. The molecule has 2 rings (SSSR count). The van der Waals surface area contributed by atoms with Gasteiger partial charge in [-0.05, 0) is 36.4 Å². The first-order chi connectivity index (χ1) is 9.51. The van der Waals surface area contributed by atoms with Gasteiger partial charge in [-0.1, -0.05) is 11.6 Å². The van der Waals surface area contributed by atoms with Gasteiger partial charge in [0.25, 0.3) is 5.91 Å². The van der Waals surface area contributed by atoms with Crippen LogP contribution in [-0.2, 0) is 0 Å². The van der Waals surface area contributed by atoms with Gasteiger partial charge in [-0.3, -0.25) is 4.79 Å². The summed E-state index contributed by atoms with van der Waals surface area (Å²) < 4.78 is 18.7. The van der Waals surface area contributed by atoms with E-state index < -0.39 is 11.7 Å². The van der Waals surface area contributed by atoms with Crippen LogP contribution >= 0.6 is 11.6 Å². The quantitative estimate of drug-likeness (QED) is 0.854. The smallest absolute Gasteiger partial charge is 0.259 e. The van der Waals surface area contributed by atoms with Gasteiger partial charge in [0.1, 0.15) is 11.6 Å². The molecule has 20 heavy (non-hydrogen) atoms. The van der Waals surface area contributed by atoms with Crippen molar-refractivity contribution in [3.63, 3.8) is 0 Å². The third kappa shape index (κ3) is 3.00. The maximum Gasteiger partial charge on any atom is 0.259 e. The molecule has 0 aliphatic carbocycles. The summed E-state index contributed by atoms with van der Waals surface area (Å²) in [7, 11) is 1.44. The molecule has 4 nitrogen and oxygen atoms in total. The van der Waals surface area contributed by atoms with Gasteiger partial charge >= 0.3 is 0 Å². The van der Waals surface area contributed by atoms with E-state index in [1.807, 2.05) is 0 Å². The van der Waals surface area contributed by atoms with E-state index in [1.54, 1.807) is 12.1 Å². The highest BCUT2D eigenvalue weighted by Crippen LogP contribution is 2.24. The lowest BCUT2D eigenvalue weighted by molar-refractivity contribution is 0.102. The van der Waals surface area contributed by atoms with E-state index >= 15 is 0 Å². The van der Waals surface area contributed by atoms with Crippen molar-refractivity contribution < 1.29 is 13.9 Å². The molecule has 3 N–H and O–H groups in total. The molecular formula is C14H12ClFN2O2. The molecule has 1 amide bonds. The lowest BCUT2D eigenvalue weighted by Crippen LogP contribution is -2.14. The van der Waals surface area contributed by atoms with Crippen molar-refractivity contribution in [3.8, 4) is 5.75 Å². The molecule has 104 valence electrons. The zero-order valence-electron chi connectivity index (χ0n) is 10.6. The number of hydrogen-bond donors (Lipinski definition) is 2. The molecule has 6 heteroatoms. The van der Waals surface area contributed by atoms with Gasteiger partial charge in [-0.15, -0.1) is 0 Å². The van der Waals surface area contributed by atoms with E-state index in [2.05, 4.69) is 5.32 Å². The highest BCUT2D eigenvalue weighted by molar-refractivity contribution is 6.30. The monoisotopic (exact) mass is 294 g/mol. The van der Waals surface area contributed by atoms with Gasteiger partial charge in [0.2, 0.25) is 0 Å². The van der Waals surface area contributed by atoms with Crippen LogP contribution in [0.5, 0.6) is 5.75 Å². The Morgan fingerprint density at radius 1 is 1.30 bits per heavy atom. The van der Waals surface area contributed by atoms with Crippen LogP contribution in [0, 0.1) is 5.82 Å². The Morgan fingerprint density at radius 2 is 2.05 bits per heavy atom. The number of methoxy groups -OCH3 is 1. The first kappa shape index (κ1) is 14.1. The number of ether oxygens (including phenoxy) is 1. The Morgan fingerprint density at radius 3 is 2.70 bits per heavy atom. The van der Waals surface area contributed by atoms with Gasteiger partial charge in [0.05, 0.1) is 18.4 Å². The largest absolute Gasteiger partial charge is 0.496 e. The number of halogens is 2. The third-order valence-electron chi connectivity index (χ3n) is 2.65. The molecule has 2 aromatic carbocycles. The number of carbonyl (C=O) groups is 1. The second-order valence-corrected chi connectivity index (χ2v) is 4.47. The minimum absolute atomic E-state index is 0.0314. The van der Waals surface area contributed by atoms with E-state index in [0.717, 1.165) is 6.07 Å². The third-order valence-corrected chi connectivity index (χ3v) is 2.88. The average Bonchev–Trinajstić information content (AvgIpc) is 2.41. The standard InChI is InChI=1S/C14H12ClFN2O2/c1-20-13-5-3-9(17)7-10(13)14(19)18-12-4-2-8(15)6-11(12)16/h2-7H,17H2,1H3,(H,18,19). The zero-order valence-corrected chi connectivity index (χ0v) is 11.4. The van der Waals surface area contributed by atoms with Gasteiger partial charge in [-0.2, -0.15) is 0 Å². The minimum atomic E-state index is -0.617. The van der Waals surface area contributed by atoms with Crippen LogP contribution in [0.3, 0.4) is 0 Å². The van der Waals surface area contributed by atoms with Crippen molar-refractivity contribution in [1.82, 2.24) is 0 Å². The number of hydrogen-bond acceptors (Lipinski definition) is 3. The molecule has 0 heterocycles. The minimum Gasteiger partial charge on any atom is -0.496 e. The summed E-state index contributed by atoms with van der Waals surface area (Å²) in [6.45, 7) is 0. The predicted molar refractivity (Wildman–Crippen MR) is 76.8 cm³/mol. The fraction of sp³-hybridized carbons (Fsp3) is 0.0714. The first-order valence-corrected chi connectivity index (χ1v) is 6.09. The molecule has 0 fully saturated rings. The van der Waals surface area contributed by atoms with Crippen molar-refractivity contribution in [2.45, 2.75) is 0 Å². The number of amides is 1. The van der Waals surface area contributed by atoms with Crippen LogP contribution in [0.1, 0.15) is 10.4 Å². The normalized spacial score (nSPS) is 10.2. The summed E-state index contributed by atoms with van der Waals surface area (Å²) in [5.41, 5.74) is 6.30. The van der Waals surface area contributed by atoms with Crippen molar-refractivity contribution in [2.24, 2.45) is 0 Å². The Bertz CT molecular complexity index is 662. The molecule has 2 aromatic rings. The summed E-state index contributed by atoms with van der Waals surface area (Å²) >= 11 is 5.65. The Balaban J connectivity index is 2.30. The molecule has 0 spiro atoms. The SMILES string of the molecule is COc1ccc(N)cc1C(=O)Nc1ccc(Cl)cc1F. The number of nitrogens with one attached hydrogen (secondary N) is 1. The van der Waals surface area contributed by atoms with Crippen molar-refractivity contribution in [1.29, 1.82) is 0 Å². The number of carbonyl (C=O) groups excluding carboxylic acids is 1. The van der Waals surface area contributed by atoms with E-state index in [0.29, 0.717) is 11.4 Å². The Hall–Kier alpha value is -2.27. The van der Waals surface area contributed by atoms with E-state index in [4.69, 9.17) is 22.1 Å². The number of rotatable bonds is 3. The topological polar surface area (TPSA) is 64.3 Å². The summed E-state index contributed by atoms with van der Waals surface area (Å²) in [6.07, 6.45) is 0. The Labute approximate surface area is 120 Å². The van der Waals surface area contributed by atoms with Crippen molar-refractivity contribution in [3.05, 3.63) is 52.8 Å². The lowest BCUT2D eigenvalue weighted by atomic mass is 10.1. The molecule has 0 unspecified atom stereocenters. The Kier molecular flexibility index (Phi) is 4.10. The molecule has 0 bridgehead atoms. The molecule has 0 saturated heterocycles. The lowest BCUT2D eigenvalue weighted by Gasteiger charge is -2.10. The molecule has 0 aromatic heterocycles. The summed E-state index contributed by atoms with van der Waals surface area (Å²) in [4.78, 5) is 12.1. The van der Waals surface area contributed by atoms with E-state index in [-0.39, 0.29) is 16.3 Å². The maximum atomic E-state index is 13.6. The molecular weight excluding hydrogens is 283 g/mol. The van der Waals surface area contributed by atoms with Crippen LogP contribution < -0.4 is 15.8 Å². The summed E-state index contributed by atoms with van der Waals surface area (Å²) in [5, 5.41) is 2.70. The number of nitrogen functional groups attached to an aromatic ring is 1. The maximum absolute atomic E-state index is 13.6. The van der Waals surface area contributed by atoms with Gasteiger partial charge in [0.15, 0.2) is 0 Å². The number of nitrogens with two attached hydrogens (primary N) is 1. The first-order valence-electron chi connectivity index (χ1n) is 5.71. The van der Waals surface area contributed by atoms with E-state index in [9.17, 15) is 9.18 Å². The number of benzene rings is 2. The fourth-order valence-electron chi connectivity index (χ4n) is 1.68. The van der Waals surface area contributed by atoms with Crippen LogP contribution in [0.15, 0.2) is 36.4 Å². The second kappa shape index (κ2) is 5.79. The van der Waals surface area contributed by atoms with Crippen molar-refractivity contribution >= 4 is 28.9 Å². The number of anilines is 2. The highest BCUT2D eigenvalue weighted by Gasteiger charge is 2.14. The molecule has 0 aliphatic rings. The van der Waals surface area contributed by atoms with Gasteiger partial charge in [-0.25, -0.2) is 4.39 Å². The van der Waals surface area contributed by atoms with Crippen LogP contribution in [0.2, 0.25) is 5.02 Å². The molecule has 0 aliphatic heterocycles. The van der Waals surface area contributed by atoms with E-state index in [1.165, 1.54) is 25.3 Å². The van der Waals surface area contributed by atoms with Crippen molar-refractivity contribution in [2.75, 3.05) is 18.2 Å². The molecule has 0 radical (unpaired) electrons. The van der Waals surface area contributed by atoms with Crippen LogP contribution in [0.4, 0.5) is 15.8 Å². The zero-order chi connectivity index (χ0) is 14.7. The summed E-state index contributed by atoms with van der Waals surface area (Å²) in [6, 6.07) is 8.63. The van der Waals surface area contributed by atoms with Gasteiger partial charge in [0, 0.05) is 10.7 Å². The van der Waals surface area contributed by atoms with Crippen LogP contribution in [-0.4, -0.2) is 13.0 Å². The predicted octanol–water partition coefficient (Wildman–Crippen LogP) is 3.32. The summed E-state index contributed by atoms with van der Waals surface area (Å²) in [5.74, 6) is -0.782. The highest BCUT2D eigenvalue weighted by atomic mass is 35.5. The van der Waals surface area contributed by atoms with Crippen LogP contribution in [0.25, 0.3) is 0 Å².